The fourth-order valence-electron chi connectivity index (χ4n) is 0.899. The number of ether oxygens (including phenoxy) is 1. The number of aryl methyl sites for hydroxylation is 1. The lowest BCUT2D eigenvalue weighted by molar-refractivity contribution is -0.389. The molecule has 0 amide bonds. The van der Waals surface area contributed by atoms with Crippen molar-refractivity contribution in [2.75, 3.05) is 0 Å². The van der Waals surface area contributed by atoms with Crippen molar-refractivity contribution >= 4 is 11.8 Å². The van der Waals surface area contributed by atoms with Gasteiger partial charge in [0.2, 0.25) is 0 Å². The number of nitrogens with zero attached hydrogens (tertiary/aromatic N) is 2. The summed E-state index contributed by atoms with van der Waals surface area (Å²) in [5.41, 5.74) is 0.314. The van der Waals surface area contributed by atoms with Crippen LogP contribution in [-0.4, -0.2) is 15.9 Å². The Balaban J connectivity index is 3.01. The first-order chi connectivity index (χ1) is 6.50. The molecule has 1 aromatic rings. The molecule has 0 aliphatic heterocycles. The van der Waals surface area contributed by atoms with Crippen LogP contribution in [0.5, 0.6) is 5.75 Å². The Morgan fingerprint density at radius 2 is 2.21 bits per heavy atom. The van der Waals surface area contributed by atoms with Gasteiger partial charge in [-0.3, -0.25) is 4.79 Å². The van der Waals surface area contributed by atoms with Crippen LogP contribution in [0.15, 0.2) is 12.1 Å². The van der Waals surface area contributed by atoms with Gasteiger partial charge < -0.3 is 14.9 Å². The molecule has 0 spiro atoms. The van der Waals surface area contributed by atoms with Crippen LogP contribution in [-0.2, 0) is 4.79 Å². The highest BCUT2D eigenvalue weighted by Gasteiger charge is 2.13. The summed E-state index contributed by atoms with van der Waals surface area (Å²) >= 11 is 0. The van der Waals surface area contributed by atoms with Crippen LogP contribution in [0.3, 0.4) is 0 Å². The third kappa shape index (κ3) is 2.25. The number of carbonyl (C=O) groups excluding carboxylic acids is 1. The topological polar surface area (TPSA) is 82.3 Å². The van der Waals surface area contributed by atoms with Gasteiger partial charge in [0, 0.05) is 19.9 Å². The fraction of sp³-hybridized carbons (Fsp3) is 0.250. The fourth-order valence-corrected chi connectivity index (χ4v) is 0.899. The Morgan fingerprint density at radius 1 is 1.57 bits per heavy atom. The molecular formula is C8H8N2O4. The lowest BCUT2D eigenvalue weighted by atomic mass is 10.3. The largest absolute Gasteiger partial charge is 0.422 e. The smallest absolute Gasteiger partial charge is 0.363 e. The molecule has 14 heavy (non-hydrogen) atoms. The molecule has 0 aliphatic rings. The number of rotatable bonds is 2. The third-order valence-electron chi connectivity index (χ3n) is 1.46. The zero-order valence-corrected chi connectivity index (χ0v) is 7.68. The molecule has 0 atom stereocenters. The summed E-state index contributed by atoms with van der Waals surface area (Å²) in [5.74, 6) is -0.509. The molecule has 1 aromatic heterocycles. The van der Waals surface area contributed by atoms with Crippen molar-refractivity contribution in [3.8, 4) is 5.75 Å². The van der Waals surface area contributed by atoms with Crippen molar-refractivity contribution in [1.29, 1.82) is 0 Å². The van der Waals surface area contributed by atoms with Crippen LogP contribution >= 0.6 is 0 Å². The van der Waals surface area contributed by atoms with E-state index in [0.717, 1.165) is 0 Å². The maximum atomic E-state index is 10.6. The first-order valence-electron chi connectivity index (χ1n) is 3.81. The summed E-state index contributed by atoms with van der Waals surface area (Å²) in [6.45, 7) is 2.78. The molecule has 1 heterocycles. The van der Waals surface area contributed by atoms with Gasteiger partial charge >= 0.3 is 11.8 Å². The first-order valence-corrected chi connectivity index (χ1v) is 3.81. The Labute approximate surface area is 79.7 Å². The highest BCUT2D eigenvalue weighted by atomic mass is 16.6. The number of nitro groups is 1. The second-order valence-electron chi connectivity index (χ2n) is 2.60. The van der Waals surface area contributed by atoms with Gasteiger partial charge in [0.25, 0.3) is 0 Å². The molecule has 0 aliphatic carbocycles. The zero-order valence-electron chi connectivity index (χ0n) is 7.68. The van der Waals surface area contributed by atoms with Crippen LogP contribution in [0.4, 0.5) is 5.82 Å². The minimum Gasteiger partial charge on any atom is -0.422 e. The zero-order chi connectivity index (χ0) is 10.7. The molecule has 0 saturated carbocycles. The van der Waals surface area contributed by atoms with E-state index in [-0.39, 0.29) is 11.6 Å². The number of hydrogen-bond donors (Lipinski definition) is 0. The average Bonchev–Trinajstić information content (AvgIpc) is 2.07. The molecule has 0 unspecified atom stereocenters. The monoisotopic (exact) mass is 196 g/mol. The van der Waals surface area contributed by atoms with Gasteiger partial charge in [0.1, 0.15) is 0 Å². The van der Waals surface area contributed by atoms with E-state index >= 15 is 0 Å². The van der Waals surface area contributed by atoms with Gasteiger partial charge in [-0.15, -0.1) is 0 Å². The van der Waals surface area contributed by atoms with Crippen LogP contribution in [0.25, 0.3) is 0 Å². The van der Waals surface area contributed by atoms with Crippen molar-refractivity contribution in [3.05, 3.63) is 27.9 Å². The minimum atomic E-state index is -0.607. The van der Waals surface area contributed by atoms with Gasteiger partial charge in [-0.05, 0) is 16.0 Å². The summed E-state index contributed by atoms with van der Waals surface area (Å²) < 4.78 is 4.76. The summed E-state index contributed by atoms with van der Waals surface area (Å²) in [5, 5.41) is 10.3. The van der Waals surface area contributed by atoms with Crippen LogP contribution < -0.4 is 4.74 Å². The van der Waals surface area contributed by atoms with Gasteiger partial charge in [-0.25, -0.2) is 0 Å². The van der Waals surface area contributed by atoms with Crippen molar-refractivity contribution in [1.82, 2.24) is 4.98 Å². The van der Waals surface area contributed by atoms with Crippen molar-refractivity contribution in [2.24, 2.45) is 0 Å². The van der Waals surface area contributed by atoms with Crippen LogP contribution in [0.1, 0.15) is 12.6 Å². The molecule has 0 N–H and O–H groups in total. The van der Waals surface area contributed by atoms with E-state index in [9.17, 15) is 14.9 Å². The third-order valence-corrected chi connectivity index (χ3v) is 1.46. The van der Waals surface area contributed by atoms with Crippen LogP contribution in [0, 0.1) is 17.0 Å². The van der Waals surface area contributed by atoms with E-state index in [4.69, 9.17) is 4.74 Å². The average molecular weight is 196 g/mol. The molecule has 6 nitrogen and oxygen atoms in total. The van der Waals surface area contributed by atoms with E-state index in [1.54, 1.807) is 0 Å². The molecule has 0 fully saturated rings. The second kappa shape index (κ2) is 3.82. The molecule has 74 valence electrons. The number of esters is 1. The Hall–Kier alpha value is -1.98. The van der Waals surface area contributed by atoms with Gasteiger partial charge in [-0.1, -0.05) is 0 Å². The summed E-state index contributed by atoms with van der Waals surface area (Å²) in [4.78, 5) is 24.0. The lowest BCUT2D eigenvalue weighted by Gasteiger charge is -2.00. The quantitative estimate of drug-likeness (QED) is 0.403. The maximum absolute atomic E-state index is 10.6. The Morgan fingerprint density at radius 3 is 2.64 bits per heavy atom. The Kier molecular flexibility index (Phi) is 2.76. The van der Waals surface area contributed by atoms with E-state index in [1.807, 2.05) is 0 Å². The molecule has 0 saturated heterocycles. The van der Waals surface area contributed by atoms with Crippen molar-refractivity contribution < 1.29 is 14.5 Å². The SMILES string of the molecule is CC(=O)Oc1ccc([N+](=O)[O-])nc1C. The summed E-state index contributed by atoms with van der Waals surface area (Å²) in [6.07, 6.45) is 0. The lowest BCUT2D eigenvalue weighted by Crippen LogP contribution is -2.04. The Bertz CT molecular complexity index is 389. The molecule has 0 aromatic carbocycles. The standard InChI is InChI=1S/C8H8N2O4/c1-5-7(14-6(2)11)3-4-8(9-5)10(12)13/h3-4H,1-2H3. The molecule has 0 bridgehead atoms. The van der Waals surface area contributed by atoms with Crippen molar-refractivity contribution in [3.63, 3.8) is 0 Å². The number of carbonyl (C=O) groups is 1. The predicted molar refractivity (Wildman–Crippen MR) is 46.9 cm³/mol. The van der Waals surface area contributed by atoms with Gasteiger partial charge in [0.05, 0.1) is 0 Å². The number of pyridine rings is 1. The molecular weight excluding hydrogens is 188 g/mol. The minimum absolute atomic E-state index is 0.239. The van der Waals surface area contributed by atoms with E-state index in [1.165, 1.54) is 26.0 Å². The highest BCUT2D eigenvalue weighted by molar-refractivity contribution is 5.69. The van der Waals surface area contributed by atoms with Crippen molar-refractivity contribution in [2.45, 2.75) is 13.8 Å². The maximum Gasteiger partial charge on any atom is 0.363 e. The van der Waals surface area contributed by atoms with E-state index in [2.05, 4.69) is 4.98 Å². The van der Waals surface area contributed by atoms with Gasteiger partial charge in [0.15, 0.2) is 11.4 Å². The van der Waals surface area contributed by atoms with E-state index in [0.29, 0.717) is 5.69 Å². The van der Waals surface area contributed by atoms with Gasteiger partial charge in [-0.2, -0.15) is 0 Å². The molecule has 6 heteroatoms. The molecule has 0 radical (unpaired) electrons. The summed E-state index contributed by atoms with van der Waals surface area (Å²) in [7, 11) is 0. The predicted octanol–water partition coefficient (Wildman–Crippen LogP) is 1.22. The number of hydrogen-bond acceptors (Lipinski definition) is 5. The number of aromatic nitrogens is 1. The normalized spacial score (nSPS) is 9.57. The van der Waals surface area contributed by atoms with E-state index < -0.39 is 10.9 Å². The highest BCUT2D eigenvalue weighted by Crippen LogP contribution is 2.19. The summed E-state index contributed by atoms with van der Waals surface area (Å²) in [6, 6.07) is 2.53. The second-order valence-corrected chi connectivity index (χ2v) is 2.60. The first kappa shape index (κ1) is 10.1. The molecule has 1 rings (SSSR count). The van der Waals surface area contributed by atoms with Crippen LogP contribution in [0.2, 0.25) is 0 Å².